The van der Waals surface area contributed by atoms with Gasteiger partial charge in [-0.3, -0.25) is 4.79 Å². The molecule has 8 heteroatoms. The van der Waals surface area contributed by atoms with Crippen LogP contribution < -0.4 is 10.1 Å². The molecule has 0 radical (unpaired) electrons. The minimum absolute atomic E-state index is 0.218. The van der Waals surface area contributed by atoms with Gasteiger partial charge in [0.25, 0.3) is 0 Å². The number of carbonyl (C=O) groups excluding carboxylic acids is 1. The van der Waals surface area contributed by atoms with E-state index in [2.05, 4.69) is 24.1 Å². The Kier molecular flexibility index (Phi) is 6.95. The van der Waals surface area contributed by atoms with Crippen molar-refractivity contribution in [1.29, 1.82) is 0 Å². The Hall–Kier alpha value is -1.93. The van der Waals surface area contributed by atoms with Gasteiger partial charge < -0.3 is 10.1 Å². The zero-order valence-corrected chi connectivity index (χ0v) is 18.7. The standard InChI is InChI=1S/C21H28N2O4S2/c1-14(2)8-9-20-22-16(12-28-20)13-29(25,26)15(3)21(24)23-18-10-11-27-19-7-5-4-6-17(18)19/h4-7,12,14-15,18H,8-11,13H2,1-3H3,(H,23,24)/t15-,18+/m0/s1. The first kappa shape index (κ1) is 21.8. The van der Waals surface area contributed by atoms with Crippen molar-refractivity contribution in [1.82, 2.24) is 10.3 Å². The van der Waals surface area contributed by atoms with Crippen LogP contribution in [0.15, 0.2) is 29.6 Å². The molecule has 3 rings (SSSR count). The molecule has 1 aromatic carbocycles. The molecule has 0 spiro atoms. The van der Waals surface area contributed by atoms with Gasteiger partial charge in [-0.25, -0.2) is 13.4 Å². The summed E-state index contributed by atoms with van der Waals surface area (Å²) < 4.78 is 31.2. The number of amides is 1. The molecular weight excluding hydrogens is 408 g/mol. The maximum atomic E-state index is 12.8. The lowest BCUT2D eigenvalue weighted by atomic mass is 10.0. The van der Waals surface area contributed by atoms with Crippen molar-refractivity contribution < 1.29 is 17.9 Å². The van der Waals surface area contributed by atoms with E-state index >= 15 is 0 Å². The fourth-order valence-electron chi connectivity index (χ4n) is 3.22. The summed E-state index contributed by atoms with van der Waals surface area (Å²) in [5, 5.41) is 4.48. The molecule has 6 nitrogen and oxygen atoms in total. The third kappa shape index (κ3) is 5.57. The van der Waals surface area contributed by atoms with Gasteiger partial charge in [-0.2, -0.15) is 0 Å². The molecule has 1 aliphatic rings. The van der Waals surface area contributed by atoms with E-state index in [4.69, 9.17) is 4.74 Å². The summed E-state index contributed by atoms with van der Waals surface area (Å²) in [6, 6.07) is 7.26. The number of ether oxygens (including phenoxy) is 1. The smallest absolute Gasteiger partial charge is 0.238 e. The lowest BCUT2D eigenvalue weighted by Gasteiger charge is -2.27. The average molecular weight is 437 g/mol. The van der Waals surface area contributed by atoms with Crippen LogP contribution in [0.2, 0.25) is 0 Å². The predicted molar refractivity (Wildman–Crippen MR) is 115 cm³/mol. The van der Waals surface area contributed by atoms with Crippen molar-refractivity contribution in [3.63, 3.8) is 0 Å². The Bertz CT molecular complexity index is 953. The highest BCUT2D eigenvalue weighted by atomic mass is 32.2. The van der Waals surface area contributed by atoms with Gasteiger partial charge in [-0.1, -0.05) is 32.0 Å². The number of fused-ring (bicyclic) bond motifs is 1. The van der Waals surface area contributed by atoms with E-state index in [9.17, 15) is 13.2 Å². The summed E-state index contributed by atoms with van der Waals surface area (Å²) in [4.78, 5) is 17.1. The maximum Gasteiger partial charge on any atom is 0.238 e. The first-order chi connectivity index (χ1) is 13.8. The number of para-hydroxylation sites is 1. The number of nitrogens with one attached hydrogen (secondary N) is 1. The fraction of sp³-hybridized carbons (Fsp3) is 0.524. The second-order valence-corrected chi connectivity index (χ2v) is 11.1. The third-order valence-corrected chi connectivity index (χ3v) is 8.01. The molecule has 158 valence electrons. The van der Waals surface area contributed by atoms with Crippen LogP contribution in [0.5, 0.6) is 5.75 Å². The second-order valence-electron chi connectivity index (χ2n) is 7.85. The normalized spacial score (nSPS) is 17.4. The van der Waals surface area contributed by atoms with Crippen LogP contribution in [0.25, 0.3) is 0 Å². The lowest BCUT2D eigenvalue weighted by molar-refractivity contribution is -0.121. The van der Waals surface area contributed by atoms with Gasteiger partial charge in [0.2, 0.25) is 5.91 Å². The van der Waals surface area contributed by atoms with Crippen LogP contribution >= 0.6 is 11.3 Å². The largest absolute Gasteiger partial charge is 0.493 e. The number of hydrogen-bond donors (Lipinski definition) is 1. The first-order valence-electron chi connectivity index (χ1n) is 9.93. The summed E-state index contributed by atoms with van der Waals surface area (Å²) in [6.45, 7) is 6.23. The summed E-state index contributed by atoms with van der Waals surface area (Å²) in [7, 11) is -3.66. The SMILES string of the molecule is CC(C)CCc1nc(CS(=O)(=O)[C@@H](C)C(=O)N[C@@H]2CCOc3ccccc32)cs1. The molecule has 0 fully saturated rings. The van der Waals surface area contributed by atoms with Crippen molar-refractivity contribution in [2.24, 2.45) is 5.92 Å². The Morgan fingerprint density at radius 2 is 2.07 bits per heavy atom. The molecule has 1 N–H and O–H groups in total. The molecule has 2 aromatic rings. The van der Waals surface area contributed by atoms with Gasteiger partial charge in [0.1, 0.15) is 11.0 Å². The van der Waals surface area contributed by atoms with Gasteiger partial charge in [0, 0.05) is 17.4 Å². The fourth-order valence-corrected chi connectivity index (χ4v) is 5.34. The highest BCUT2D eigenvalue weighted by Gasteiger charge is 2.32. The molecule has 2 heterocycles. The molecule has 0 saturated carbocycles. The first-order valence-corrected chi connectivity index (χ1v) is 12.5. The van der Waals surface area contributed by atoms with Crippen LogP contribution in [0.1, 0.15) is 55.9 Å². The molecule has 2 atom stereocenters. The molecular formula is C21H28N2O4S2. The number of aromatic nitrogens is 1. The summed E-state index contributed by atoms with van der Waals surface area (Å²) in [5.41, 5.74) is 1.40. The quantitative estimate of drug-likeness (QED) is 0.682. The highest BCUT2D eigenvalue weighted by Crippen LogP contribution is 2.31. The average Bonchev–Trinajstić information content (AvgIpc) is 3.12. The molecule has 0 bridgehead atoms. The number of aryl methyl sites for hydroxylation is 1. The molecule has 0 unspecified atom stereocenters. The number of sulfone groups is 1. The number of nitrogens with zero attached hydrogens (tertiary/aromatic N) is 1. The Morgan fingerprint density at radius 3 is 2.83 bits per heavy atom. The van der Waals surface area contributed by atoms with Gasteiger partial charge in [0.15, 0.2) is 9.84 Å². The monoisotopic (exact) mass is 436 g/mol. The van der Waals surface area contributed by atoms with Crippen molar-refractivity contribution in [2.45, 2.75) is 57.1 Å². The van der Waals surface area contributed by atoms with E-state index in [1.165, 1.54) is 18.3 Å². The zero-order chi connectivity index (χ0) is 21.0. The predicted octanol–water partition coefficient (Wildman–Crippen LogP) is 3.68. The molecule has 0 saturated heterocycles. The number of rotatable bonds is 8. The van der Waals surface area contributed by atoms with Crippen LogP contribution in [-0.4, -0.2) is 31.2 Å². The van der Waals surface area contributed by atoms with Crippen LogP contribution in [-0.2, 0) is 26.8 Å². The van der Waals surface area contributed by atoms with Gasteiger partial charge in [0.05, 0.1) is 29.1 Å². The molecule has 1 amide bonds. The van der Waals surface area contributed by atoms with E-state index in [1.807, 2.05) is 24.3 Å². The van der Waals surface area contributed by atoms with Crippen molar-refractivity contribution in [2.75, 3.05) is 6.61 Å². The minimum atomic E-state index is -3.66. The maximum absolute atomic E-state index is 12.8. The molecule has 1 aliphatic heterocycles. The van der Waals surface area contributed by atoms with E-state index in [-0.39, 0.29) is 11.8 Å². The molecule has 29 heavy (non-hydrogen) atoms. The zero-order valence-electron chi connectivity index (χ0n) is 17.1. The van der Waals surface area contributed by atoms with E-state index in [1.54, 1.807) is 5.38 Å². The summed E-state index contributed by atoms with van der Waals surface area (Å²) in [5.74, 6) is 0.604. The highest BCUT2D eigenvalue weighted by molar-refractivity contribution is 7.92. The van der Waals surface area contributed by atoms with E-state index < -0.39 is 21.0 Å². The van der Waals surface area contributed by atoms with Gasteiger partial charge >= 0.3 is 0 Å². The second kappa shape index (κ2) is 9.26. The molecule has 1 aromatic heterocycles. The Morgan fingerprint density at radius 1 is 1.31 bits per heavy atom. The molecule has 0 aliphatic carbocycles. The number of carbonyl (C=O) groups is 1. The summed E-state index contributed by atoms with van der Waals surface area (Å²) >= 11 is 1.48. The van der Waals surface area contributed by atoms with Crippen molar-refractivity contribution >= 4 is 27.1 Å². The minimum Gasteiger partial charge on any atom is -0.493 e. The lowest BCUT2D eigenvalue weighted by Crippen LogP contribution is -2.41. The van der Waals surface area contributed by atoms with Crippen LogP contribution in [0.4, 0.5) is 0 Å². The number of thiazole rings is 1. The summed E-state index contributed by atoms with van der Waals surface area (Å²) in [6.07, 6.45) is 2.48. The van der Waals surface area contributed by atoms with Crippen molar-refractivity contribution in [3.05, 3.63) is 45.9 Å². The van der Waals surface area contributed by atoms with Crippen LogP contribution in [0, 0.1) is 5.92 Å². The number of hydrogen-bond acceptors (Lipinski definition) is 6. The van der Waals surface area contributed by atoms with E-state index in [0.717, 1.165) is 29.2 Å². The topological polar surface area (TPSA) is 85.4 Å². The third-order valence-electron chi connectivity index (χ3n) is 5.07. The van der Waals surface area contributed by atoms with Crippen molar-refractivity contribution in [3.8, 4) is 5.75 Å². The van der Waals surface area contributed by atoms with E-state index in [0.29, 0.717) is 24.6 Å². The Labute approximate surface area is 176 Å². The van der Waals surface area contributed by atoms with Crippen LogP contribution in [0.3, 0.4) is 0 Å². The number of benzene rings is 1. The Balaban J connectivity index is 1.63. The van der Waals surface area contributed by atoms with Gasteiger partial charge in [-0.05, 0) is 31.7 Å². The van der Waals surface area contributed by atoms with Gasteiger partial charge in [-0.15, -0.1) is 11.3 Å².